The van der Waals surface area contributed by atoms with Gasteiger partial charge in [0.1, 0.15) is 0 Å². The van der Waals surface area contributed by atoms with E-state index >= 15 is 0 Å². The second-order valence-corrected chi connectivity index (χ2v) is 7.91. The first-order valence-electron chi connectivity index (χ1n) is 9.04. The van der Waals surface area contributed by atoms with Gasteiger partial charge < -0.3 is 15.4 Å². The number of aromatic nitrogens is 1. The molecule has 0 saturated heterocycles. The van der Waals surface area contributed by atoms with Gasteiger partial charge in [-0.1, -0.05) is 27.5 Å². The van der Waals surface area contributed by atoms with Crippen LogP contribution in [0.15, 0.2) is 81.4 Å². The number of carbonyl (C=O) groups is 2. The van der Waals surface area contributed by atoms with E-state index in [-0.39, 0.29) is 23.0 Å². The monoisotopic (exact) mass is 496 g/mol. The number of carbonyl (C=O) groups excluding carboxylic acids is 2. The SMILES string of the molecule is O=C(N=Nc1c(O)[nH]c2ccc(Br)cc12)c1ccc(NC(=O)c2ccc(Cl)cc2)cc1. The summed E-state index contributed by atoms with van der Waals surface area (Å²) >= 11 is 9.19. The van der Waals surface area contributed by atoms with Crippen LogP contribution in [0.2, 0.25) is 5.02 Å². The summed E-state index contributed by atoms with van der Waals surface area (Å²) in [5, 5.41) is 21.6. The van der Waals surface area contributed by atoms with Gasteiger partial charge in [-0.3, -0.25) is 9.59 Å². The zero-order valence-corrected chi connectivity index (χ0v) is 18.1. The second-order valence-electron chi connectivity index (χ2n) is 6.56. The van der Waals surface area contributed by atoms with Crippen LogP contribution in [0.25, 0.3) is 10.9 Å². The van der Waals surface area contributed by atoms with Crippen molar-refractivity contribution < 1.29 is 14.7 Å². The van der Waals surface area contributed by atoms with Crippen LogP contribution in [-0.4, -0.2) is 21.9 Å². The lowest BCUT2D eigenvalue weighted by Gasteiger charge is -2.05. The quantitative estimate of drug-likeness (QED) is 0.281. The lowest BCUT2D eigenvalue weighted by Crippen LogP contribution is -2.11. The Morgan fingerprint density at radius 3 is 2.35 bits per heavy atom. The molecule has 0 atom stereocenters. The van der Waals surface area contributed by atoms with Crippen LogP contribution in [0, 0.1) is 0 Å². The molecule has 3 aromatic carbocycles. The molecule has 0 aliphatic heterocycles. The Morgan fingerprint density at radius 1 is 0.968 bits per heavy atom. The molecule has 7 nitrogen and oxygen atoms in total. The molecule has 1 aromatic heterocycles. The number of H-pyrrole nitrogens is 1. The molecule has 0 spiro atoms. The third kappa shape index (κ3) is 4.65. The average Bonchev–Trinajstić information content (AvgIpc) is 3.07. The molecule has 154 valence electrons. The first kappa shape index (κ1) is 20.8. The van der Waals surface area contributed by atoms with Gasteiger partial charge >= 0.3 is 0 Å². The summed E-state index contributed by atoms with van der Waals surface area (Å²) in [5.74, 6) is -1.05. The number of nitrogens with one attached hydrogen (secondary N) is 2. The summed E-state index contributed by atoms with van der Waals surface area (Å²) < 4.78 is 0.804. The summed E-state index contributed by atoms with van der Waals surface area (Å²) in [6.45, 7) is 0. The summed E-state index contributed by atoms with van der Waals surface area (Å²) in [4.78, 5) is 27.4. The lowest BCUT2D eigenvalue weighted by atomic mass is 10.1. The van der Waals surface area contributed by atoms with E-state index in [0.717, 1.165) is 4.47 Å². The highest BCUT2D eigenvalue weighted by molar-refractivity contribution is 9.10. The van der Waals surface area contributed by atoms with E-state index in [4.69, 9.17) is 11.6 Å². The number of hydrogen-bond donors (Lipinski definition) is 3. The van der Waals surface area contributed by atoms with Crippen molar-refractivity contribution in [3.05, 3.63) is 87.4 Å². The topological polar surface area (TPSA) is 107 Å². The fraction of sp³-hybridized carbons (Fsp3) is 0. The number of aromatic hydroxyl groups is 1. The van der Waals surface area contributed by atoms with Crippen molar-refractivity contribution in [2.45, 2.75) is 0 Å². The molecule has 2 amide bonds. The van der Waals surface area contributed by atoms with Crippen molar-refractivity contribution in [1.82, 2.24) is 4.98 Å². The van der Waals surface area contributed by atoms with Crippen molar-refractivity contribution in [3.8, 4) is 5.88 Å². The Balaban J connectivity index is 1.47. The van der Waals surface area contributed by atoms with E-state index in [9.17, 15) is 14.7 Å². The van der Waals surface area contributed by atoms with Crippen LogP contribution >= 0.6 is 27.5 Å². The number of halogens is 2. The van der Waals surface area contributed by atoms with Gasteiger partial charge in [0.05, 0.1) is 5.52 Å². The molecule has 0 aliphatic rings. The summed E-state index contributed by atoms with van der Waals surface area (Å²) in [6.07, 6.45) is 0. The zero-order chi connectivity index (χ0) is 22.0. The fourth-order valence-corrected chi connectivity index (χ4v) is 3.38. The minimum absolute atomic E-state index is 0.176. The van der Waals surface area contributed by atoms with E-state index in [2.05, 4.69) is 36.5 Å². The number of benzene rings is 3. The van der Waals surface area contributed by atoms with E-state index < -0.39 is 5.91 Å². The van der Waals surface area contributed by atoms with Crippen molar-refractivity contribution in [2.24, 2.45) is 10.2 Å². The smallest absolute Gasteiger partial charge is 0.295 e. The molecule has 1 heterocycles. The zero-order valence-electron chi connectivity index (χ0n) is 15.8. The minimum atomic E-state index is -0.584. The number of rotatable bonds is 4. The molecule has 31 heavy (non-hydrogen) atoms. The van der Waals surface area contributed by atoms with E-state index in [1.54, 1.807) is 48.5 Å². The molecule has 0 bridgehead atoms. The third-order valence-corrected chi connectivity index (χ3v) is 5.20. The molecule has 0 fully saturated rings. The number of fused-ring (bicyclic) bond motifs is 1. The van der Waals surface area contributed by atoms with Crippen LogP contribution in [0.4, 0.5) is 11.4 Å². The predicted octanol–water partition coefficient (Wildman–Crippen LogP) is 6.47. The largest absolute Gasteiger partial charge is 0.493 e. The number of amides is 2. The highest BCUT2D eigenvalue weighted by Crippen LogP contribution is 2.36. The van der Waals surface area contributed by atoms with Crippen molar-refractivity contribution in [3.63, 3.8) is 0 Å². The number of azo groups is 1. The van der Waals surface area contributed by atoms with Gasteiger partial charge in [0.15, 0.2) is 5.69 Å². The molecular formula is C22H14BrClN4O3. The minimum Gasteiger partial charge on any atom is -0.493 e. The van der Waals surface area contributed by atoms with Gasteiger partial charge in [0.2, 0.25) is 5.88 Å². The maximum absolute atomic E-state index is 12.4. The second kappa shape index (κ2) is 8.71. The van der Waals surface area contributed by atoms with Gasteiger partial charge in [-0.05, 0) is 66.7 Å². The predicted molar refractivity (Wildman–Crippen MR) is 122 cm³/mol. The normalized spacial score (nSPS) is 11.2. The molecule has 3 N–H and O–H groups in total. The van der Waals surface area contributed by atoms with E-state index in [0.29, 0.717) is 27.2 Å². The standard InChI is InChI=1S/C22H14BrClN4O3/c23-14-5-10-18-17(11-14)19(22(31)26-18)27-28-21(30)13-3-8-16(9-4-13)25-20(29)12-1-6-15(24)7-2-12/h1-11,26,31H,(H,25,29). The molecule has 4 rings (SSSR count). The van der Waals surface area contributed by atoms with Crippen LogP contribution in [0.3, 0.4) is 0 Å². The van der Waals surface area contributed by atoms with Crippen molar-refractivity contribution >= 4 is 61.6 Å². The van der Waals surface area contributed by atoms with Crippen LogP contribution in [0.1, 0.15) is 20.7 Å². The number of aromatic amines is 1. The van der Waals surface area contributed by atoms with Gasteiger partial charge in [-0.2, -0.15) is 0 Å². The van der Waals surface area contributed by atoms with Gasteiger partial charge in [0.25, 0.3) is 11.8 Å². The Morgan fingerprint density at radius 2 is 1.65 bits per heavy atom. The first-order valence-corrected chi connectivity index (χ1v) is 10.2. The summed E-state index contributed by atoms with van der Waals surface area (Å²) in [6, 6.07) is 18.1. The number of hydrogen-bond acceptors (Lipinski definition) is 4. The van der Waals surface area contributed by atoms with Crippen LogP contribution in [0.5, 0.6) is 5.88 Å². The van der Waals surface area contributed by atoms with Crippen molar-refractivity contribution in [2.75, 3.05) is 5.32 Å². The number of anilines is 1. The molecular weight excluding hydrogens is 484 g/mol. The van der Waals surface area contributed by atoms with E-state index in [1.807, 2.05) is 6.07 Å². The maximum Gasteiger partial charge on any atom is 0.295 e. The molecule has 0 unspecified atom stereocenters. The van der Waals surface area contributed by atoms with Crippen LogP contribution < -0.4 is 5.32 Å². The molecule has 9 heteroatoms. The molecule has 0 aliphatic carbocycles. The average molecular weight is 498 g/mol. The van der Waals surface area contributed by atoms with Gasteiger partial charge in [-0.25, -0.2) is 0 Å². The van der Waals surface area contributed by atoms with Gasteiger partial charge in [0, 0.05) is 31.7 Å². The third-order valence-electron chi connectivity index (χ3n) is 4.45. The Labute approximate surface area is 189 Å². The highest BCUT2D eigenvalue weighted by atomic mass is 79.9. The first-order chi connectivity index (χ1) is 14.9. The summed E-state index contributed by atoms with van der Waals surface area (Å²) in [5.41, 5.74) is 2.12. The molecule has 0 radical (unpaired) electrons. The fourth-order valence-electron chi connectivity index (χ4n) is 2.89. The Kier molecular flexibility index (Phi) is 5.83. The van der Waals surface area contributed by atoms with Crippen LogP contribution in [-0.2, 0) is 0 Å². The van der Waals surface area contributed by atoms with Gasteiger partial charge in [-0.15, -0.1) is 10.2 Å². The highest BCUT2D eigenvalue weighted by Gasteiger charge is 2.12. The summed E-state index contributed by atoms with van der Waals surface area (Å²) in [7, 11) is 0. The number of nitrogens with zero attached hydrogens (tertiary/aromatic N) is 2. The Hall–Kier alpha value is -3.49. The van der Waals surface area contributed by atoms with Crippen molar-refractivity contribution in [1.29, 1.82) is 0 Å². The Bertz CT molecular complexity index is 1320. The molecule has 4 aromatic rings. The molecule has 0 saturated carbocycles. The maximum atomic E-state index is 12.4. The lowest BCUT2D eigenvalue weighted by molar-refractivity contribution is 0.0993. The van der Waals surface area contributed by atoms with E-state index in [1.165, 1.54) is 12.1 Å².